The van der Waals surface area contributed by atoms with Gasteiger partial charge in [-0.05, 0) is 67.8 Å². The normalized spacial score (nSPS) is 14.6. The van der Waals surface area contributed by atoms with Crippen molar-refractivity contribution in [2.75, 3.05) is 7.11 Å². The van der Waals surface area contributed by atoms with E-state index in [1.54, 1.807) is 63.2 Å². The number of fused-ring (bicyclic) bond motifs is 1. The van der Waals surface area contributed by atoms with E-state index in [9.17, 15) is 19.7 Å². The largest absolute Gasteiger partial charge is 0.493 e. The van der Waals surface area contributed by atoms with Crippen LogP contribution < -0.4 is 24.4 Å². The number of aromatic nitrogens is 1. The smallest absolute Gasteiger partial charge is 0.338 e. The molecule has 1 atom stereocenters. The van der Waals surface area contributed by atoms with Gasteiger partial charge in [-0.1, -0.05) is 68.7 Å². The summed E-state index contributed by atoms with van der Waals surface area (Å²) < 4.78 is 19.4. The number of hydrogen-bond donors (Lipinski definition) is 0. The highest BCUT2D eigenvalue weighted by atomic mass is 79.9. The van der Waals surface area contributed by atoms with Crippen LogP contribution in [0.4, 0.5) is 5.69 Å². The highest BCUT2D eigenvalue weighted by Gasteiger charge is 2.34. The quantitative estimate of drug-likeness (QED) is 0.106. The van der Waals surface area contributed by atoms with Crippen molar-refractivity contribution in [3.63, 3.8) is 0 Å². The number of carbonyl (C=O) groups excluding carboxylic acids is 1. The average molecular weight is 747 g/mol. The molecule has 0 fully saturated rings. The first-order chi connectivity index (χ1) is 21.9. The number of nitro benzene ring substituents is 1. The molecule has 238 valence electrons. The number of non-ortho nitro benzene ring substituents is 1. The van der Waals surface area contributed by atoms with Gasteiger partial charge >= 0.3 is 5.97 Å². The highest BCUT2D eigenvalue weighted by Crippen LogP contribution is 2.36. The number of allylic oxidation sites excluding steroid dienone is 1. The third-order valence-corrected chi connectivity index (χ3v) is 9.34. The number of esters is 1. The first kappa shape index (κ1) is 33.4. The molecule has 0 saturated carbocycles. The van der Waals surface area contributed by atoms with Crippen molar-refractivity contribution in [1.82, 2.24) is 4.57 Å². The maximum atomic E-state index is 14.0. The van der Waals surface area contributed by atoms with E-state index in [-0.39, 0.29) is 17.9 Å². The van der Waals surface area contributed by atoms with E-state index < -0.39 is 28.6 Å². The number of nitrogens with zero attached hydrogens (tertiary/aromatic N) is 3. The van der Waals surface area contributed by atoms with Gasteiger partial charge in [0, 0.05) is 16.6 Å². The summed E-state index contributed by atoms with van der Waals surface area (Å²) in [6.07, 6.45) is 1.24. The maximum absolute atomic E-state index is 14.0. The second-order valence-corrected chi connectivity index (χ2v) is 13.1. The number of hydrogen-bond acceptors (Lipinski definition) is 9. The van der Waals surface area contributed by atoms with Crippen LogP contribution in [0.25, 0.3) is 6.08 Å². The number of nitro groups is 1. The Labute approximate surface area is 285 Å². The van der Waals surface area contributed by atoms with Crippen molar-refractivity contribution in [3.8, 4) is 11.5 Å². The Kier molecular flexibility index (Phi) is 10.0. The Morgan fingerprint density at radius 1 is 1.15 bits per heavy atom. The van der Waals surface area contributed by atoms with Gasteiger partial charge in [-0.2, -0.15) is 0 Å². The minimum absolute atomic E-state index is 0.125. The lowest BCUT2D eigenvalue weighted by atomic mass is 9.95. The molecule has 0 bridgehead atoms. The van der Waals surface area contributed by atoms with Crippen molar-refractivity contribution in [2.45, 2.75) is 39.5 Å². The Hall–Kier alpha value is -3.97. The molecule has 5 rings (SSSR count). The third kappa shape index (κ3) is 6.90. The number of ether oxygens (including phenoxy) is 3. The molecule has 3 aromatic carbocycles. The molecule has 0 aliphatic carbocycles. The van der Waals surface area contributed by atoms with Crippen LogP contribution >= 0.6 is 50.5 Å². The second kappa shape index (κ2) is 13.8. The van der Waals surface area contributed by atoms with Crippen LogP contribution in [0.2, 0.25) is 10.0 Å². The van der Waals surface area contributed by atoms with Gasteiger partial charge in [0.25, 0.3) is 11.2 Å². The van der Waals surface area contributed by atoms with E-state index >= 15 is 0 Å². The molecule has 0 amide bonds. The van der Waals surface area contributed by atoms with Crippen molar-refractivity contribution < 1.29 is 23.9 Å². The summed E-state index contributed by atoms with van der Waals surface area (Å²) in [6.45, 7) is 5.27. The van der Waals surface area contributed by atoms with E-state index in [4.69, 9.17) is 37.4 Å². The number of rotatable bonds is 9. The van der Waals surface area contributed by atoms with E-state index in [1.807, 2.05) is 0 Å². The lowest BCUT2D eigenvalue weighted by Gasteiger charge is -2.25. The average Bonchev–Trinajstić information content (AvgIpc) is 3.31. The third-order valence-electron chi connectivity index (χ3n) is 6.93. The van der Waals surface area contributed by atoms with E-state index in [0.717, 1.165) is 16.9 Å². The second-order valence-electron chi connectivity index (χ2n) is 10.4. The van der Waals surface area contributed by atoms with Crippen LogP contribution in [0.5, 0.6) is 11.5 Å². The Bertz CT molecular complexity index is 2090. The minimum Gasteiger partial charge on any atom is -0.493 e. The molecule has 1 aliphatic heterocycles. The Morgan fingerprint density at radius 3 is 2.59 bits per heavy atom. The Morgan fingerprint density at radius 2 is 1.91 bits per heavy atom. The summed E-state index contributed by atoms with van der Waals surface area (Å²) in [4.78, 5) is 43.4. The summed E-state index contributed by atoms with van der Waals surface area (Å²) in [5, 5.41) is 12.5. The van der Waals surface area contributed by atoms with Gasteiger partial charge in [-0.3, -0.25) is 19.5 Å². The fourth-order valence-corrected chi connectivity index (χ4v) is 6.64. The van der Waals surface area contributed by atoms with Crippen molar-refractivity contribution in [1.29, 1.82) is 0 Å². The first-order valence-electron chi connectivity index (χ1n) is 13.8. The van der Waals surface area contributed by atoms with Crippen LogP contribution in [-0.4, -0.2) is 28.7 Å². The number of thiazole rings is 1. The number of halogens is 3. The minimum atomic E-state index is -1.00. The zero-order valence-corrected chi connectivity index (χ0v) is 28.8. The maximum Gasteiger partial charge on any atom is 0.338 e. The predicted octanol–water partition coefficient (Wildman–Crippen LogP) is 6.75. The van der Waals surface area contributed by atoms with Gasteiger partial charge in [-0.15, -0.1) is 0 Å². The fourth-order valence-electron chi connectivity index (χ4n) is 4.85. The molecule has 0 saturated heterocycles. The molecule has 46 heavy (non-hydrogen) atoms. The van der Waals surface area contributed by atoms with E-state index in [0.29, 0.717) is 52.2 Å². The molecule has 0 N–H and O–H groups in total. The van der Waals surface area contributed by atoms with Crippen LogP contribution in [0.3, 0.4) is 0 Å². The first-order valence-corrected chi connectivity index (χ1v) is 16.2. The van der Waals surface area contributed by atoms with Gasteiger partial charge in [0.15, 0.2) is 16.3 Å². The molecular weight excluding hydrogens is 721 g/mol. The van der Waals surface area contributed by atoms with Crippen LogP contribution in [0.15, 0.2) is 80.1 Å². The predicted molar refractivity (Wildman–Crippen MR) is 180 cm³/mol. The molecule has 4 aromatic rings. The fraction of sp³-hybridized carbons (Fsp3) is 0.219. The standard InChI is InChI=1S/C32H26BrCl2N3O7S/c1-16(2)45-31(40)28-17(3)36-32-37(29(28)19-6-5-7-21(11-19)38(41)42)30(39)27(46-32)13-20-12-25(43-4)26(14-22(20)33)44-15-18-8-9-23(34)24(35)10-18/h5-14,16,29H,15H2,1-4H3/b27-13+/t29-/m1/s1. The lowest BCUT2D eigenvalue weighted by Crippen LogP contribution is -2.40. The zero-order valence-electron chi connectivity index (χ0n) is 24.9. The van der Waals surface area contributed by atoms with Crippen LogP contribution in [0, 0.1) is 10.1 Å². The van der Waals surface area contributed by atoms with Gasteiger partial charge < -0.3 is 14.2 Å². The zero-order chi connectivity index (χ0) is 33.3. The van der Waals surface area contributed by atoms with Gasteiger partial charge in [-0.25, -0.2) is 9.79 Å². The molecule has 10 nitrogen and oxygen atoms in total. The molecule has 0 radical (unpaired) electrons. The summed E-state index contributed by atoms with van der Waals surface area (Å²) >= 11 is 16.9. The molecule has 14 heteroatoms. The van der Waals surface area contributed by atoms with Gasteiger partial charge in [0.1, 0.15) is 6.61 Å². The summed E-state index contributed by atoms with van der Waals surface area (Å²) in [5.41, 5.74) is 1.66. The summed E-state index contributed by atoms with van der Waals surface area (Å²) in [5.74, 6) is 0.214. The lowest BCUT2D eigenvalue weighted by molar-refractivity contribution is -0.384. The summed E-state index contributed by atoms with van der Waals surface area (Å²) in [6, 6.07) is 13.5. The number of carbonyl (C=O) groups is 1. The van der Waals surface area contributed by atoms with Crippen molar-refractivity contribution in [2.24, 2.45) is 4.99 Å². The van der Waals surface area contributed by atoms with Gasteiger partial charge in [0.2, 0.25) is 0 Å². The van der Waals surface area contributed by atoms with E-state index in [1.165, 1.54) is 29.9 Å². The molecule has 0 spiro atoms. The topological polar surface area (TPSA) is 122 Å². The van der Waals surface area contributed by atoms with Crippen LogP contribution in [0.1, 0.15) is 43.5 Å². The van der Waals surface area contributed by atoms with Gasteiger partial charge in [0.05, 0.1) is 50.0 Å². The van der Waals surface area contributed by atoms with Crippen molar-refractivity contribution >= 4 is 68.2 Å². The highest BCUT2D eigenvalue weighted by molar-refractivity contribution is 9.10. The molecular formula is C32H26BrCl2N3O7S. The Balaban J connectivity index is 1.59. The molecule has 2 heterocycles. The molecule has 0 unspecified atom stereocenters. The monoisotopic (exact) mass is 745 g/mol. The van der Waals surface area contributed by atoms with Crippen LogP contribution in [-0.2, 0) is 16.1 Å². The van der Waals surface area contributed by atoms with E-state index in [2.05, 4.69) is 20.9 Å². The number of benzene rings is 3. The summed E-state index contributed by atoms with van der Waals surface area (Å²) in [7, 11) is 1.51. The molecule has 1 aliphatic rings. The van der Waals surface area contributed by atoms with Crippen molar-refractivity contribution in [3.05, 3.63) is 127 Å². The SMILES string of the molecule is COc1cc(/C=c2/sc3n(c2=O)[C@H](c2cccc([N+](=O)[O-])c2)C(C(=O)OC(C)C)=C(C)N=3)c(Br)cc1OCc1ccc(Cl)c(Cl)c1. The molecule has 1 aromatic heterocycles. The number of methoxy groups -OCH3 is 1.